The standard InChI is InChI=1S/C16H19NO5/c1-21-14-6-4-3-5-11(14)9-15(19)17-8-7-12(13(18)10-17)16(20)22-2/h3-6,12H,7-10H2,1-2H3. The SMILES string of the molecule is COC(=O)C1CCN(C(=O)Cc2ccccc2OC)CC1=O. The fourth-order valence-electron chi connectivity index (χ4n) is 2.55. The zero-order valence-electron chi connectivity index (χ0n) is 12.7. The van der Waals surface area contributed by atoms with Crippen LogP contribution in [-0.2, 0) is 25.5 Å². The second kappa shape index (κ2) is 7.06. The van der Waals surface area contributed by atoms with E-state index in [-0.39, 0.29) is 24.7 Å². The highest BCUT2D eigenvalue weighted by molar-refractivity contribution is 6.02. The van der Waals surface area contributed by atoms with Crippen molar-refractivity contribution >= 4 is 17.7 Å². The van der Waals surface area contributed by atoms with E-state index in [1.165, 1.54) is 12.0 Å². The van der Waals surface area contributed by atoms with Gasteiger partial charge in [0.2, 0.25) is 5.91 Å². The number of rotatable bonds is 4. The van der Waals surface area contributed by atoms with Gasteiger partial charge in [0.25, 0.3) is 0 Å². The Kier molecular flexibility index (Phi) is 5.14. The average molecular weight is 305 g/mol. The van der Waals surface area contributed by atoms with Gasteiger partial charge in [0.1, 0.15) is 11.7 Å². The number of amides is 1. The largest absolute Gasteiger partial charge is 0.496 e. The molecule has 1 saturated heterocycles. The molecule has 1 unspecified atom stereocenters. The van der Waals surface area contributed by atoms with Gasteiger partial charge in [0.15, 0.2) is 5.78 Å². The van der Waals surface area contributed by atoms with Crippen LogP contribution in [0.2, 0.25) is 0 Å². The molecule has 0 radical (unpaired) electrons. The van der Waals surface area contributed by atoms with Crippen molar-refractivity contribution in [1.29, 1.82) is 0 Å². The Balaban J connectivity index is 2.00. The smallest absolute Gasteiger partial charge is 0.316 e. The monoisotopic (exact) mass is 305 g/mol. The van der Waals surface area contributed by atoms with Crippen LogP contribution in [0.5, 0.6) is 5.75 Å². The number of Topliss-reactive ketones (excluding diaryl/α,β-unsaturated/α-hetero) is 1. The molecule has 22 heavy (non-hydrogen) atoms. The maximum Gasteiger partial charge on any atom is 0.316 e. The Labute approximate surface area is 129 Å². The molecule has 0 aromatic heterocycles. The molecule has 1 fully saturated rings. The third-order valence-corrected chi connectivity index (χ3v) is 3.80. The fourth-order valence-corrected chi connectivity index (χ4v) is 2.55. The van der Waals surface area contributed by atoms with E-state index in [4.69, 9.17) is 4.74 Å². The van der Waals surface area contributed by atoms with Gasteiger partial charge in [0, 0.05) is 12.1 Å². The summed E-state index contributed by atoms with van der Waals surface area (Å²) in [6.45, 7) is 0.327. The first kappa shape index (κ1) is 16.0. The van der Waals surface area contributed by atoms with Crippen LogP contribution in [0.25, 0.3) is 0 Å². The molecule has 1 aliphatic rings. The first-order chi connectivity index (χ1) is 10.6. The van der Waals surface area contributed by atoms with Crippen LogP contribution in [0, 0.1) is 5.92 Å². The zero-order valence-corrected chi connectivity index (χ0v) is 12.7. The van der Waals surface area contributed by atoms with E-state index in [1.54, 1.807) is 13.2 Å². The molecule has 118 valence electrons. The van der Waals surface area contributed by atoms with Gasteiger partial charge < -0.3 is 14.4 Å². The van der Waals surface area contributed by atoms with Gasteiger partial charge in [-0.15, -0.1) is 0 Å². The Bertz CT molecular complexity index is 584. The van der Waals surface area contributed by atoms with Crippen molar-refractivity contribution in [3.05, 3.63) is 29.8 Å². The number of benzene rings is 1. The van der Waals surface area contributed by atoms with Crippen molar-refractivity contribution in [1.82, 2.24) is 4.90 Å². The molecule has 1 aliphatic heterocycles. The van der Waals surface area contributed by atoms with Crippen molar-refractivity contribution in [2.75, 3.05) is 27.3 Å². The number of carbonyl (C=O) groups excluding carboxylic acids is 3. The number of methoxy groups -OCH3 is 2. The van der Waals surface area contributed by atoms with E-state index >= 15 is 0 Å². The molecular formula is C16H19NO5. The molecule has 1 aromatic rings. The van der Waals surface area contributed by atoms with Crippen LogP contribution in [0.4, 0.5) is 0 Å². The first-order valence-electron chi connectivity index (χ1n) is 7.07. The minimum absolute atomic E-state index is 0.0479. The molecule has 0 spiro atoms. The normalized spacial score (nSPS) is 18.0. The summed E-state index contributed by atoms with van der Waals surface area (Å²) in [7, 11) is 2.81. The summed E-state index contributed by atoms with van der Waals surface area (Å²) in [5.74, 6) is -1.05. The van der Waals surface area contributed by atoms with Crippen LogP contribution in [0.1, 0.15) is 12.0 Å². The molecule has 0 aliphatic carbocycles. The zero-order chi connectivity index (χ0) is 16.1. The molecule has 1 atom stereocenters. The first-order valence-corrected chi connectivity index (χ1v) is 7.07. The van der Waals surface area contributed by atoms with Gasteiger partial charge in [-0.1, -0.05) is 18.2 Å². The van der Waals surface area contributed by atoms with Gasteiger partial charge in [-0.05, 0) is 12.5 Å². The number of nitrogens with zero attached hydrogens (tertiary/aromatic N) is 1. The maximum absolute atomic E-state index is 12.3. The number of ketones is 1. The Morgan fingerprint density at radius 3 is 2.64 bits per heavy atom. The molecule has 6 heteroatoms. The van der Waals surface area contributed by atoms with Gasteiger partial charge in [-0.2, -0.15) is 0 Å². The molecule has 2 rings (SSSR count). The highest BCUT2D eigenvalue weighted by atomic mass is 16.5. The van der Waals surface area contributed by atoms with Gasteiger partial charge in [-0.25, -0.2) is 0 Å². The van der Waals surface area contributed by atoms with Crippen LogP contribution in [0.3, 0.4) is 0 Å². The second-order valence-corrected chi connectivity index (χ2v) is 5.13. The van der Waals surface area contributed by atoms with Gasteiger partial charge in [0.05, 0.1) is 27.2 Å². The van der Waals surface area contributed by atoms with Crippen molar-refractivity contribution in [2.45, 2.75) is 12.8 Å². The predicted molar refractivity (Wildman–Crippen MR) is 78.4 cm³/mol. The number of piperidine rings is 1. The van der Waals surface area contributed by atoms with Gasteiger partial charge >= 0.3 is 5.97 Å². The minimum Gasteiger partial charge on any atom is -0.496 e. The van der Waals surface area contributed by atoms with Gasteiger partial charge in [-0.3, -0.25) is 14.4 Å². The molecule has 0 bridgehead atoms. The molecule has 6 nitrogen and oxygen atoms in total. The lowest BCUT2D eigenvalue weighted by Crippen LogP contribution is -2.47. The fraction of sp³-hybridized carbons (Fsp3) is 0.438. The lowest BCUT2D eigenvalue weighted by molar-refractivity contribution is -0.154. The Hall–Kier alpha value is -2.37. The van der Waals surface area contributed by atoms with E-state index in [2.05, 4.69) is 4.74 Å². The molecule has 1 amide bonds. The summed E-state index contributed by atoms with van der Waals surface area (Å²) >= 11 is 0. The third kappa shape index (κ3) is 3.44. The summed E-state index contributed by atoms with van der Waals surface area (Å²) in [5.41, 5.74) is 0.776. The van der Waals surface area contributed by atoms with E-state index in [0.717, 1.165) is 5.56 Å². The Morgan fingerprint density at radius 2 is 2.00 bits per heavy atom. The highest BCUT2D eigenvalue weighted by Crippen LogP contribution is 2.20. The van der Waals surface area contributed by atoms with E-state index < -0.39 is 11.9 Å². The van der Waals surface area contributed by atoms with Crippen molar-refractivity contribution in [2.24, 2.45) is 5.92 Å². The molecule has 1 heterocycles. The topological polar surface area (TPSA) is 72.9 Å². The second-order valence-electron chi connectivity index (χ2n) is 5.13. The summed E-state index contributed by atoms with van der Waals surface area (Å²) in [6, 6.07) is 7.27. The lowest BCUT2D eigenvalue weighted by Gasteiger charge is -2.29. The van der Waals surface area contributed by atoms with E-state index in [9.17, 15) is 14.4 Å². The third-order valence-electron chi connectivity index (χ3n) is 3.80. The minimum atomic E-state index is -0.750. The van der Waals surface area contributed by atoms with Crippen molar-refractivity contribution in [3.8, 4) is 5.75 Å². The number of carbonyl (C=O) groups is 3. The average Bonchev–Trinajstić information content (AvgIpc) is 2.54. The molecule has 0 saturated carbocycles. The maximum atomic E-state index is 12.3. The van der Waals surface area contributed by atoms with Crippen LogP contribution in [-0.4, -0.2) is 49.9 Å². The summed E-state index contributed by atoms with van der Waals surface area (Å²) in [5, 5.41) is 0. The van der Waals surface area contributed by atoms with E-state index in [0.29, 0.717) is 18.7 Å². The summed E-state index contributed by atoms with van der Waals surface area (Å²) in [6.07, 6.45) is 0.476. The molecule has 0 N–H and O–H groups in total. The van der Waals surface area contributed by atoms with Crippen molar-refractivity contribution < 1.29 is 23.9 Å². The number of para-hydroxylation sites is 1. The highest BCUT2D eigenvalue weighted by Gasteiger charge is 2.34. The van der Waals surface area contributed by atoms with Crippen LogP contribution in [0.15, 0.2) is 24.3 Å². The number of ether oxygens (including phenoxy) is 2. The summed E-state index contributed by atoms with van der Waals surface area (Å²) in [4.78, 5) is 37.2. The van der Waals surface area contributed by atoms with Crippen LogP contribution >= 0.6 is 0 Å². The van der Waals surface area contributed by atoms with Crippen molar-refractivity contribution in [3.63, 3.8) is 0 Å². The molecule has 1 aromatic carbocycles. The number of hydrogen-bond donors (Lipinski definition) is 0. The predicted octanol–water partition coefficient (Wildman–Crippen LogP) is 0.828. The lowest BCUT2D eigenvalue weighted by atomic mass is 9.95. The number of hydrogen-bond acceptors (Lipinski definition) is 5. The van der Waals surface area contributed by atoms with Crippen LogP contribution < -0.4 is 4.74 Å². The Morgan fingerprint density at radius 1 is 1.27 bits per heavy atom. The summed E-state index contributed by atoms with van der Waals surface area (Å²) < 4.78 is 9.82. The number of likely N-dealkylation sites (tertiary alicyclic amines) is 1. The molecular weight excluding hydrogens is 286 g/mol. The number of esters is 1. The van der Waals surface area contributed by atoms with E-state index in [1.807, 2.05) is 18.2 Å². The quantitative estimate of drug-likeness (QED) is 0.608.